The fraction of sp³-hybridized carbons (Fsp3) is 0.200. The molecule has 0 saturated carbocycles. The van der Waals surface area contributed by atoms with Gasteiger partial charge in [0.05, 0.1) is 0 Å². The number of aryl methyl sites for hydroxylation is 2. The predicted molar refractivity (Wildman–Crippen MR) is 67.8 cm³/mol. The molecule has 0 radical (unpaired) electrons. The van der Waals surface area contributed by atoms with E-state index in [4.69, 9.17) is 0 Å². The lowest BCUT2D eigenvalue weighted by atomic mass is 10.1. The van der Waals surface area contributed by atoms with Crippen LogP contribution in [0.1, 0.15) is 17.5 Å². The molecule has 16 heavy (non-hydrogen) atoms. The number of nitrogens with one attached hydrogen (secondary N) is 1. The first-order chi connectivity index (χ1) is 7.92. The van der Waals surface area contributed by atoms with Crippen LogP contribution in [-0.2, 0) is 12.8 Å². The molecular formula is C15H13N. The van der Waals surface area contributed by atoms with Crippen LogP contribution >= 0.6 is 0 Å². The van der Waals surface area contributed by atoms with Crippen molar-refractivity contribution in [3.05, 3.63) is 47.5 Å². The third-order valence-corrected chi connectivity index (χ3v) is 3.72. The van der Waals surface area contributed by atoms with Gasteiger partial charge in [-0.1, -0.05) is 18.2 Å². The number of H-pyrrole nitrogens is 1. The van der Waals surface area contributed by atoms with Crippen LogP contribution in [0.4, 0.5) is 0 Å². The molecule has 1 aliphatic carbocycles. The Bertz CT molecular complexity index is 691. The molecule has 0 aliphatic heterocycles. The highest BCUT2D eigenvalue weighted by atomic mass is 14.7. The lowest BCUT2D eigenvalue weighted by molar-refractivity contribution is 0.912. The molecule has 0 spiro atoms. The number of fused-ring (bicyclic) bond motifs is 4. The highest BCUT2D eigenvalue weighted by Gasteiger charge is 2.13. The molecule has 0 saturated heterocycles. The van der Waals surface area contributed by atoms with Gasteiger partial charge >= 0.3 is 0 Å². The van der Waals surface area contributed by atoms with E-state index in [1.54, 1.807) is 11.1 Å². The van der Waals surface area contributed by atoms with Gasteiger partial charge in [0.25, 0.3) is 0 Å². The Kier molecular flexibility index (Phi) is 1.51. The zero-order valence-electron chi connectivity index (χ0n) is 9.09. The number of para-hydroxylation sites is 1. The molecule has 3 aromatic rings. The molecular weight excluding hydrogens is 194 g/mol. The van der Waals surface area contributed by atoms with Gasteiger partial charge in [0.2, 0.25) is 0 Å². The van der Waals surface area contributed by atoms with E-state index in [1.807, 2.05) is 0 Å². The minimum absolute atomic E-state index is 1.25. The number of hydrogen-bond acceptors (Lipinski definition) is 0. The monoisotopic (exact) mass is 207 g/mol. The van der Waals surface area contributed by atoms with Crippen molar-refractivity contribution in [2.75, 3.05) is 0 Å². The molecule has 4 rings (SSSR count). The van der Waals surface area contributed by atoms with Crippen molar-refractivity contribution in [3.8, 4) is 0 Å². The lowest BCUT2D eigenvalue weighted by Gasteiger charge is -1.99. The van der Waals surface area contributed by atoms with Crippen LogP contribution in [0.5, 0.6) is 0 Å². The average Bonchev–Trinajstić information content (AvgIpc) is 2.88. The van der Waals surface area contributed by atoms with Crippen molar-refractivity contribution < 1.29 is 0 Å². The summed E-state index contributed by atoms with van der Waals surface area (Å²) in [5, 5.41) is 2.74. The molecule has 0 amide bonds. The second kappa shape index (κ2) is 2.88. The molecule has 1 nitrogen and oxygen atoms in total. The Morgan fingerprint density at radius 1 is 0.812 bits per heavy atom. The first-order valence-corrected chi connectivity index (χ1v) is 5.94. The molecule has 0 fully saturated rings. The summed E-state index contributed by atoms with van der Waals surface area (Å²) in [5.41, 5.74) is 5.64. The van der Waals surface area contributed by atoms with Crippen molar-refractivity contribution in [1.82, 2.24) is 4.98 Å². The lowest BCUT2D eigenvalue weighted by Crippen LogP contribution is -1.81. The van der Waals surface area contributed by atoms with E-state index in [0.29, 0.717) is 0 Å². The molecule has 78 valence electrons. The summed E-state index contributed by atoms with van der Waals surface area (Å²) in [5.74, 6) is 0. The summed E-state index contributed by atoms with van der Waals surface area (Å²) in [6.45, 7) is 0. The maximum Gasteiger partial charge on any atom is 0.0467 e. The van der Waals surface area contributed by atoms with Gasteiger partial charge in [-0.15, -0.1) is 0 Å². The number of hydrogen-bond donors (Lipinski definition) is 1. The van der Waals surface area contributed by atoms with Gasteiger partial charge in [0.15, 0.2) is 0 Å². The topological polar surface area (TPSA) is 15.8 Å². The van der Waals surface area contributed by atoms with Crippen LogP contribution in [0.25, 0.3) is 21.8 Å². The fourth-order valence-electron chi connectivity index (χ4n) is 2.92. The summed E-state index contributed by atoms with van der Waals surface area (Å²) in [7, 11) is 0. The maximum absolute atomic E-state index is 3.51. The van der Waals surface area contributed by atoms with E-state index in [0.717, 1.165) is 0 Å². The Balaban J connectivity index is 2.19. The van der Waals surface area contributed by atoms with E-state index in [9.17, 15) is 0 Å². The first-order valence-electron chi connectivity index (χ1n) is 5.94. The molecule has 2 aromatic carbocycles. The van der Waals surface area contributed by atoms with Crippen molar-refractivity contribution in [3.63, 3.8) is 0 Å². The summed E-state index contributed by atoms with van der Waals surface area (Å²) in [6.07, 6.45) is 3.82. The van der Waals surface area contributed by atoms with Gasteiger partial charge in [-0.3, -0.25) is 0 Å². The van der Waals surface area contributed by atoms with Crippen molar-refractivity contribution >= 4 is 21.8 Å². The van der Waals surface area contributed by atoms with Crippen LogP contribution < -0.4 is 0 Å². The Morgan fingerprint density at radius 3 is 2.56 bits per heavy atom. The predicted octanol–water partition coefficient (Wildman–Crippen LogP) is 3.81. The third kappa shape index (κ3) is 1.00. The van der Waals surface area contributed by atoms with Crippen molar-refractivity contribution in [1.29, 1.82) is 0 Å². The van der Waals surface area contributed by atoms with E-state index in [2.05, 4.69) is 41.4 Å². The van der Waals surface area contributed by atoms with Gasteiger partial charge < -0.3 is 4.98 Å². The smallest absolute Gasteiger partial charge is 0.0467 e. The first kappa shape index (κ1) is 8.40. The Labute approximate surface area is 94.1 Å². The number of rotatable bonds is 0. The summed E-state index contributed by atoms with van der Waals surface area (Å²) < 4.78 is 0. The third-order valence-electron chi connectivity index (χ3n) is 3.72. The van der Waals surface area contributed by atoms with Crippen molar-refractivity contribution in [2.45, 2.75) is 19.3 Å². The second-order valence-electron chi connectivity index (χ2n) is 4.69. The quantitative estimate of drug-likeness (QED) is 0.577. The largest absolute Gasteiger partial charge is 0.355 e. The van der Waals surface area contributed by atoms with Crippen LogP contribution in [0.15, 0.2) is 36.4 Å². The van der Waals surface area contributed by atoms with Crippen molar-refractivity contribution in [2.24, 2.45) is 0 Å². The maximum atomic E-state index is 3.51. The Morgan fingerprint density at radius 2 is 1.62 bits per heavy atom. The van der Waals surface area contributed by atoms with E-state index in [1.165, 1.54) is 41.1 Å². The Hall–Kier alpha value is -1.76. The standard InChI is InChI=1S/C15H13N/c1-2-7-14-12(6-1)13-8-10-4-3-5-11(10)9-15(13)16-14/h1-2,6-9,16H,3-5H2. The number of aromatic amines is 1. The van der Waals surface area contributed by atoms with E-state index < -0.39 is 0 Å². The summed E-state index contributed by atoms with van der Waals surface area (Å²) in [4.78, 5) is 3.51. The highest BCUT2D eigenvalue weighted by molar-refractivity contribution is 6.07. The van der Waals surface area contributed by atoms with E-state index in [-0.39, 0.29) is 0 Å². The molecule has 1 heteroatoms. The highest BCUT2D eigenvalue weighted by Crippen LogP contribution is 2.31. The average molecular weight is 207 g/mol. The SMILES string of the molecule is c1ccc2c(c1)[nH]c1cc3c(cc12)CCC3. The van der Waals surface area contributed by atoms with E-state index >= 15 is 0 Å². The van der Waals surface area contributed by atoms with Crippen LogP contribution in [0.2, 0.25) is 0 Å². The molecule has 1 N–H and O–H groups in total. The minimum atomic E-state index is 1.25. The zero-order valence-corrected chi connectivity index (χ0v) is 9.09. The fourth-order valence-corrected chi connectivity index (χ4v) is 2.92. The second-order valence-corrected chi connectivity index (χ2v) is 4.69. The molecule has 0 unspecified atom stereocenters. The van der Waals surface area contributed by atoms with Gasteiger partial charge in [-0.25, -0.2) is 0 Å². The van der Waals surface area contributed by atoms with Crippen LogP contribution in [0, 0.1) is 0 Å². The van der Waals surface area contributed by atoms with Gasteiger partial charge in [0.1, 0.15) is 0 Å². The van der Waals surface area contributed by atoms with Gasteiger partial charge in [0, 0.05) is 21.8 Å². The molecule has 1 aromatic heterocycles. The molecule has 0 bridgehead atoms. The van der Waals surface area contributed by atoms with Gasteiger partial charge in [-0.2, -0.15) is 0 Å². The zero-order chi connectivity index (χ0) is 10.5. The normalized spacial score (nSPS) is 14.8. The number of aromatic nitrogens is 1. The van der Waals surface area contributed by atoms with Gasteiger partial charge in [-0.05, 0) is 48.6 Å². The molecule has 1 heterocycles. The summed E-state index contributed by atoms with van der Waals surface area (Å²) in [6, 6.07) is 13.3. The molecule has 0 atom stereocenters. The van der Waals surface area contributed by atoms with Crippen LogP contribution in [0.3, 0.4) is 0 Å². The van der Waals surface area contributed by atoms with Crippen LogP contribution in [-0.4, -0.2) is 4.98 Å². The number of benzene rings is 2. The summed E-state index contributed by atoms with van der Waals surface area (Å²) >= 11 is 0. The minimum Gasteiger partial charge on any atom is -0.355 e. The molecule has 1 aliphatic rings.